The summed E-state index contributed by atoms with van der Waals surface area (Å²) >= 11 is 0. The normalized spacial score (nSPS) is 12.1. The Morgan fingerprint density at radius 3 is 2.41 bits per heavy atom. The average Bonchev–Trinajstić information content (AvgIpc) is 2.55. The van der Waals surface area contributed by atoms with E-state index in [0.717, 1.165) is 31.2 Å². The van der Waals surface area contributed by atoms with Crippen LogP contribution in [0.15, 0.2) is 24.3 Å². The number of aliphatic hydroxyl groups excluding tert-OH is 1. The smallest absolute Gasteiger partial charge is 0.305 e. The quantitative estimate of drug-likeness (QED) is 0.481. The topological polar surface area (TPSA) is 46.5 Å². The van der Waals surface area contributed by atoms with Crippen LogP contribution in [-0.4, -0.2) is 18.2 Å². The lowest BCUT2D eigenvalue weighted by atomic mass is 10.00. The number of carbonyl (C=O) groups is 1. The number of benzene rings is 1. The van der Waals surface area contributed by atoms with Crippen LogP contribution < -0.4 is 0 Å². The highest BCUT2D eigenvalue weighted by atomic mass is 16.5. The van der Waals surface area contributed by atoms with Gasteiger partial charge in [0.05, 0.1) is 13.2 Å². The maximum atomic E-state index is 11.1. The Balaban J connectivity index is 2.29. The van der Waals surface area contributed by atoms with Crippen LogP contribution in [-0.2, 0) is 16.0 Å². The van der Waals surface area contributed by atoms with Gasteiger partial charge in [-0.2, -0.15) is 0 Å². The second-order valence-corrected chi connectivity index (χ2v) is 5.89. The number of esters is 1. The first-order chi connectivity index (χ1) is 10.7. The first kappa shape index (κ1) is 18.7. The summed E-state index contributed by atoms with van der Waals surface area (Å²) in [5, 5.41) is 10.2. The van der Waals surface area contributed by atoms with Crippen molar-refractivity contribution in [3.05, 3.63) is 35.4 Å². The molecule has 0 bridgehead atoms. The molecule has 0 saturated carbocycles. The molecular weight excluding hydrogens is 276 g/mol. The summed E-state index contributed by atoms with van der Waals surface area (Å²) in [5.74, 6) is -0.157. The van der Waals surface area contributed by atoms with E-state index in [1.54, 1.807) is 0 Å². The Hall–Kier alpha value is -1.35. The van der Waals surface area contributed by atoms with Gasteiger partial charge >= 0.3 is 5.97 Å². The van der Waals surface area contributed by atoms with Crippen molar-refractivity contribution in [3.8, 4) is 0 Å². The molecule has 0 aliphatic rings. The molecule has 1 rings (SSSR count). The predicted octanol–water partition coefficient (Wildman–Crippen LogP) is 4.58. The minimum absolute atomic E-state index is 0.157. The van der Waals surface area contributed by atoms with Crippen molar-refractivity contribution in [3.63, 3.8) is 0 Å². The lowest BCUT2D eigenvalue weighted by Crippen LogP contribution is -2.01. The SMILES string of the molecule is CCCCCCCC(O)c1ccc(CCCC(=O)OC)cc1. The molecule has 0 radical (unpaired) electrons. The third-order valence-corrected chi connectivity index (χ3v) is 4.02. The maximum Gasteiger partial charge on any atom is 0.305 e. The number of ether oxygens (including phenoxy) is 1. The highest BCUT2D eigenvalue weighted by Crippen LogP contribution is 2.21. The Morgan fingerprint density at radius 1 is 1.09 bits per heavy atom. The summed E-state index contributed by atoms with van der Waals surface area (Å²) in [4.78, 5) is 11.1. The number of rotatable bonds is 11. The van der Waals surface area contributed by atoms with Crippen LogP contribution in [0.25, 0.3) is 0 Å². The molecule has 3 heteroatoms. The number of aryl methyl sites for hydroxylation is 1. The van der Waals surface area contributed by atoms with E-state index < -0.39 is 0 Å². The summed E-state index contributed by atoms with van der Waals surface area (Å²) in [7, 11) is 1.42. The number of aliphatic hydroxyl groups is 1. The van der Waals surface area contributed by atoms with Crippen molar-refractivity contribution >= 4 is 5.97 Å². The largest absolute Gasteiger partial charge is 0.469 e. The zero-order chi connectivity index (χ0) is 16.2. The second-order valence-electron chi connectivity index (χ2n) is 5.89. The van der Waals surface area contributed by atoms with Crippen molar-refractivity contribution in [2.45, 2.75) is 70.8 Å². The third kappa shape index (κ3) is 7.60. The van der Waals surface area contributed by atoms with Gasteiger partial charge in [-0.3, -0.25) is 4.79 Å². The molecule has 0 aliphatic carbocycles. The summed E-state index contributed by atoms with van der Waals surface area (Å²) in [6, 6.07) is 8.11. The van der Waals surface area contributed by atoms with Gasteiger partial charge in [-0.1, -0.05) is 63.3 Å². The van der Waals surface area contributed by atoms with Crippen molar-refractivity contribution < 1.29 is 14.6 Å². The van der Waals surface area contributed by atoms with E-state index in [2.05, 4.69) is 11.7 Å². The monoisotopic (exact) mass is 306 g/mol. The van der Waals surface area contributed by atoms with Crippen LogP contribution >= 0.6 is 0 Å². The van der Waals surface area contributed by atoms with Gasteiger partial charge in [-0.15, -0.1) is 0 Å². The van der Waals surface area contributed by atoms with E-state index in [1.165, 1.54) is 38.4 Å². The highest BCUT2D eigenvalue weighted by Gasteiger charge is 2.07. The molecule has 1 atom stereocenters. The van der Waals surface area contributed by atoms with Crippen LogP contribution in [0.5, 0.6) is 0 Å². The van der Waals surface area contributed by atoms with Crippen LogP contribution in [0, 0.1) is 0 Å². The molecule has 0 amide bonds. The minimum Gasteiger partial charge on any atom is -0.469 e. The molecule has 1 N–H and O–H groups in total. The summed E-state index contributed by atoms with van der Waals surface area (Å²) in [6.07, 6.45) is 8.70. The molecule has 1 aromatic carbocycles. The molecule has 1 unspecified atom stereocenters. The van der Waals surface area contributed by atoms with Gasteiger partial charge in [-0.05, 0) is 30.4 Å². The van der Waals surface area contributed by atoms with E-state index in [0.29, 0.717) is 6.42 Å². The van der Waals surface area contributed by atoms with Crippen molar-refractivity contribution in [2.24, 2.45) is 0 Å². The fraction of sp³-hybridized carbons (Fsp3) is 0.632. The molecule has 0 aliphatic heterocycles. The molecule has 0 aromatic heterocycles. The second kappa shape index (κ2) is 11.2. The minimum atomic E-state index is -0.356. The Labute approximate surface area is 134 Å². The third-order valence-electron chi connectivity index (χ3n) is 4.02. The lowest BCUT2D eigenvalue weighted by molar-refractivity contribution is -0.140. The average molecular weight is 306 g/mol. The van der Waals surface area contributed by atoms with E-state index in [4.69, 9.17) is 0 Å². The highest BCUT2D eigenvalue weighted by molar-refractivity contribution is 5.69. The van der Waals surface area contributed by atoms with E-state index in [9.17, 15) is 9.90 Å². The molecule has 0 spiro atoms. The number of methoxy groups -OCH3 is 1. The van der Waals surface area contributed by atoms with Crippen LogP contribution in [0.1, 0.15) is 75.5 Å². The van der Waals surface area contributed by atoms with Crippen molar-refractivity contribution in [1.82, 2.24) is 0 Å². The fourth-order valence-electron chi connectivity index (χ4n) is 2.55. The molecule has 1 aromatic rings. The number of unbranched alkanes of at least 4 members (excludes halogenated alkanes) is 4. The van der Waals surface area contributed by atoms with E-state index in [-0.39, 0.29) is 12.1 Å². The van der Waals surface area contributed by atoms with Gasteiger partial charge < -0.3 is 9.84 Å². The Kier molecular flexibility index (Phi) is 9.56. The zero-order valence-electron chi connectivity index (χ0n) is 14.0. The number of hydrogen-bond donors (Lipinski definition) is 1. The zero-order valence-corrected chi connectivity index (χ0v) is 14.0. The van der Waals surface area contributed by atoms with E-state index in [1.807, 2.05) is 24.3 Å². The maximum absolute atomic E-state index is 11.1. The van der Waals surface area contributed by atoms with E-state index >= 15 is 0 Å². The lowest BCUT2D eigenvalue weighted by Gasteiger charge is -2.11. The van der Waals surface area contributed by atoms with Gasteiger partial charge in [0.25, 0.3) is 0 Å². The summed E-state index contributed by atoms with van der Waals surface area (Å²) in [6.45, 7) is 2.21. The molecule has 0 saturated heterocycles. The van der Waals surface area contributed by atoms with Gasteiger partial charge in [0.2, 0.25) is 0 Å². The summed E-state index contributed by atoms with van der Waals surface area (Å²) in [5.41, 5.74) is 2.19. The van der Waals surface area contributed by atoms with Gasteiger partial charge in [0.15, 0.2) is 0 Å². The van der Waals surface area contributed by atoms with Crippen molar-refractivity contribution in [1.29, 1.82) is 0 Å². The molecule has 3 nitrogen and oxygen atoms in total. The van der Waals surface area contributed by atoms with Crippen LogP contribution in [0.3, 0.4) is 0 Å². The first-order valence-corrected chi connectivity index (χ1v) is 8.51. The van der Waals surface area contributed by atoms with Gasteiger partial charge in [0, 0.05) is 6.42 Å². The van der Waals surface area contributed by atoms with Crippen molar-refractivity contribution in [2.75, 3.05) is 7.11 Å². The number of carbonyl (C=O) groups excluding carboxylic acids is 1. The van der Waals surface area contributed by atoms with Crippen LogP contribution in [0.4, 0.5) is 0 Å². The molecule has 0 fully saturated rings. The Bertz CT molecular complexity index is 411. The number of hydrogen-bond acceptors (Lipinski definition) is 3. The Morgan fingerprint density at radius 2 is 1.77 bits per heavy atom. The standard InChI is InChI=1S/C19H30O3/c1-3-4-5-6-7-10-18(20)17-14-12-16(13-15-17)9-8-11-19(21)22-2/h12-15,18,20H,3-11H2,1-2H3. The molecule has 0 heterocycles. The summed E-state index contributed by atoms with van der Waals surface area (Å²) < 4.78 is 4.63. The van der Waals surface area contributed by atoms with Gasteiger partial charge in [-0.25, -0.2) is 0 Å². The molecule has 124 valence electrons. The molecule has 22 heavy (non-hydrogen) atoms. The predicted molar refractivity (Wildman–Crippen MR) is 89.7 cm³/mol. The van der Waals surface area contributed by atoms with Crippen LogP contribution in [0.2, 0.25) is 0 Å². The first-order valence-electron chi connectivity index (χ1n) is 8.51. The van der Waals surface area contributed by atoms with Gasteiger partial charge in [0.1, 0.15) is 0 Å². The fourth-order valence-corrected chi connectivity index (χ4v) is 2.55. The molecular formula is C19H30O3.